The molecule has 0 saturated heterocycles. The average molecular weight is 315 g/mol. The van der Waals surface area contributed by atoms with Gasteiger partial charge in [0.15, 0.2) is 0 Å². The van der Waals surface area contributed by atoms with Gasteiger partial charge in [0, 0.05) is 0 Å². The van der Waals surface area contributed by atoms with E-state index in [2.05, 4.69) is 46.2 Å². The molecule has 0 bridgehead atoms. The molecule has 0 spiro atoms. The number of hydrogen-bond acceptors (Lipinski definition) is 1. The van der Waals surface area contributed by atoms with Crippen LogP contribution in [-0.4, -0.2) is 18.4 Å². The van der Waals surface area contributed by atoms with Crippen molar-refractivity contribution in [1.82, 2.24) is 0 Å². The minimum absolute atomic E-state index is 1.37. The summed E-state index contributed by atoms with van der Waals surface area (Å²) in [7, 11) is 0. The van der Waals surface area contributed by atoms with Gasteiger partial charge >= 0.3 is 96.4 Å². The number of thiophene rings is 1. The molecule has 0 amide bonds. The van der Waals surface area contributed by atoms with Crippen molar-refractivity contribution in [2.24, 2.45) is 0 Å². The van der Waals surface area contributed by atoms with Gasteiger partial charge in [-0.1, -0.05) is 0 Å². The average Bonchev–Trinajstić information content (AvgIpc) is 2.49. The molecule has 0 nitrogen and oxygen atoms in total. The van der Waals surface area contributed by atoms with E-state index < -0.39 is 18.4 Å². The van der Waals surface area contributed by atoms with E-state index in [0.29, 0.717) is 0 Å². The normalized spacial score (nSPS) is 11.5. The van der Waals surface area contributed by atoms with Crippen LogP contribution in [0, 0.1) is 0 Å². The molecular weight excluding hydrogens is 295 g/mol. The van der Waals surface area contributed by atoms with Gasteiger partial charge in [-0.3, -0.25) is 0 Å². The van der Waals surface area contributed by atoms with Gasteiger partial charge in [0.05, 0.1) is 0 Å². The Bertz CT molecular complexity index is 311. The molecule has 1 aromatic heterocycles. The van der Waals surface area contributed by atoms with Crippen LogP contribution < -0.4 is 0 Å². The summed E-state index contributed by atoms with van der Waals surface area (Å²) in [6.45, 7) is 4.49. The molecule has 0 aliphatic heterocycles. The standard InChI is InChI=1S/C9H11S.3CH3.Sn/c1-7(2)8(3)9-5-4-6-10-9;;;;/h4-6H,3H2,1-2H3;3*1H3;. The summed E-state index contributed by atoms with van der Waals surface area (Å²) in [6.07, 6.45) is 0. The molecule has 0 atom stereocenters. The topological polar surface area (TPSA) is 0 Å². The fourth-order valence-electron chi connectivity index (χ4n) is 1.49. The Balaban J connectivity index is 2.95. The van der Waals surface area contributed by atoms with Crippen molar-refractivity contribution in [3.63, 3.8) is 0 Å². The van der Waals surface area contributed by atoms with E-state index in [1.54, 1.807) is 5.57 Å². The van der Waals surface area contributed by atoms with E-state index in [0.717, 1.165) is 0 Å². The Morgan fingerprint density at radius 2 is 1.93 bits per heavy atom. The van der Waals surface area contributed by atoms with Crippen molar-refractivity contribution in [3.05, 3.63) is 28.0 Å². The number of rotatable bonds is 3. The molecule has 0 fully saturated rings. The second-order valence-corrected chi connectivity index (χ2v) is 21.8. The van der Waals surface area contributed by atoms with E-state index in [4.69, 9.17) is 0 Å². The first-order valence-electron chi connectivity index (χ1n) is 5.10. The van der Waals surface area contributed by atoms with Crippen molar-refractivity contribution < 1.29 is 0 Å². The summed E-state index contributed by atoms with van der Waals surface area (Å²) in [5.41, 5.74) is 3.11. The molecule has 0 aliphatic carbocycles. The summed E-state index contributed by atoms with van der Waals surface area (Å²) < 4.78 is 1.37. The van der Waals surface area contributed by atoms with Crippen molar-refractivity contribution in [2.75, 3.05) is 0 Å². The van der Waals surface area contributed by atoms with E-state index in [1.165, 1.54) is 14.9 Å². The monoisotopic (exact) mass is 316 g/mol. The molecule has 1 rings (SSSR count). The maximum atomic E-state index is 2.51. The minimum atomic E-state index is -1.69. The van der Waals surface area contributed by atoms with Crippen LogP contribution in [0.25, 0.3) is 5.57 Å². The van der Waals surface area contributed by atoms with Crippen molar-refractivity contribution >= 4 is 35.3 Å². The molecule has 2 heteroatoms. The first kappa shape index (κ1) is 12.3. The van der Waals surface area contributed by atoms with Crippen LogP contribution in [0.4, 0.5) is 0 Å². The van der Waals surface area contributed by atoms with Crippen LogP contribution >= 0.6 is 11.3 Å². The fraction of sp³-hybridized carbons (Fsp3) is 0.500. The van der Waals surface area contributed by atoms with Crippen LogP contribution in [0.1, 0.15) is 18.7 Å². The zero-order valence-corrected chi connectivity index (χ0v) is 13.5. The van der Waals surface area contributed by atoms with Crippen LogP contribution in [-0.2, 0) is 0 Å². The molecule has 0 radical (unpaired) electrons. The molecule has 0 saturated carbocycles. The van der Waals surface area contributed by atoms with E-state index in [9.17, 15) is 0 Å². The van der Waals surface area contributed by atoms with Gasteiger partial charge in [-0.25, -0.2) is 0 Å². The Morgan fingerprint density at radius 1 is 1.29 bits per heavy atom. The van der Waals surface area contributed by atoms with E-state index in [1.807, 2.05) is 11.3 Å². The quantitative estimate of drug-likeness (QED) is 0.698. The summed E-state index contributed by atoms with van der Waals surface area (Å²) in [6, 6.07) is 4.41. The SMILES string of the molecule is CC(C)=C([CH2][Sn]([CH3])([CH3])[CH3])c1cccs1. The third kappa shape index (κ3) is 3.77. The van der Waals surface area contributed by atoms with Crippen LogP contribution in [0.15, 0.2) is 23.1 Å². The van der Waals surface area contributed by atoms with E-state index >= 15 is 0 Å². The number of allylic oxidation sites excluding steroid dienone is 2. The van der Waals surface area contributed by atoms with Gasteiger partial charge in [-0.15, -0.1) is 0 Å². The first-order chi connectivity index (χ1) is 6.40. The third-order valence-corrected chi connectivity index (χ3v) is 7.10. The number of hydrogen-bond donors (Lipinski definition) is 0. The van der Waals surface area contributed by atoms with Crippen LogP contribution in [0.5, 0.6) is 0 Å². The van der Waals surface area contributed by atoms with Gasteiger partial charge in [0.2, 0.25) is 0 Å². The molecule has 0 aliphatic rings. The molecule has 0 N–H and O–H groups in total. The van der Waals surface area contributed by atoms with Crippen LogP contribution in [0.2, 0.25) is 19.3 Å². The zero-order chi connectivity index (χ0) is 10.8. The summed E-state index contributed by atoms with van der Waals surface area (Å²) >= 11 is 0.188. The molecule has 78 valence electrons. The van der Waals surface area contributed by atoms with Crippen molar-refractivity contribution in [1.29, 1.82) is 0 Å². The van der Waals surface area contributed by atoms with Crippen molar-refractivity contribution in [2.45, 2.75) is 33.1 Å². The summed E-state index contributed by atoms with van der Waals surface area (Å²) in [5.74, 6) is 0. The van der Waals surface area contributed by atoms with Gasteiger partial charge in [-0.05, 0) is 0 Å². The van der Waals surface area contributed by atoms with Crippen molar-refractivity contribution in [3.8, 4) is 0 Å². The molecule has 0 aromatic carbocycles. The van der Waals surface area contributed by atoms with Crippen LogP contribution in [0.3, 0.4) is 0 Å². The van der Waals surface area contributed by atoms with Gasteiger partial charge in [0.25, 0.3) is 0 Å². The van der Waals surface area contributed by atoms with Gasteiger partial charge in [0.1, 0.15) is 0 Å². The zero-order valence-electron chi connectivity index (χ0n) is 9.85. The predicted octanol–water partition coefficient (Wildman–Crippen LogP) is 4.88. The molecule has 14 heavy (non-hydrogen) atoms. The molecule has 1 heterocycles. The fourth-order valence-corrected chi connectivity index (χ4v) is 7.32. The molecular formula is C12H20SSn. The Labute approximate surface area is 95.9 Å². The Kier molecular flexibility index (Phi) is 4.26. The molecule has 0 unspecified atom stereocenters. The Hall–Kier alpha value is 0.239. The Morgan fingerprint density at radius 3 is 2.29 bits per heavy atom. The summed E-state index contributed by atoms with van der Waals surface area (Å²) in [5, 5.41) is 2.18. The maximum absolute atomic E-state index is 2.51. The second kappa shape index (κ2) is 4.84. The molecule has 1 aromatic rings. The van der Waals surface area contributed by atoms with E-state index in [-0.39, 0.29) is 0 Å². The summed E-state index contributed by atoms with van der Waals surface area (Å²) in [4.78, 5) is 9.00. The van der Waals surface area contributed by atoms with Gasteiger partial charge < -0.3 is 0 Å². The third-order valence-electron chi connectivity index (χ3n) is 2.13. The first-order valence-corrected chi connectivity index (χ1v) is 16.6. The predicted molar refractivity (Wildman–Crippen MR) is 70.7 cm³/mol. The van der Waals surface area contributed by atoms with Gasteiger partial charge in [-0.2, -0.15) is 0 Å². The second-order valence-electron chi connectivity index (χ2n) is 5.19.